The summed E-state index contributed by atoms with van der Waals surface area (Å²) in [6, 6.07) is 69.6. The summed E-state index contributed by atoms with van der Waals surface area (Å²) in [6.07, 6.45) is 0. The number of nitrogens with zero attached hydrogens (tertiary/aromatic N) is 2. The lowest BCUT2D eigenvalue weighted by Gasteiger charge is -2.26. The van der Waals surface area contributed by atoms with Crippen molar-refractivity contribution in [2.45, 2.75) is 0 Å². The molecule has 12 rings (SSSR count). The Morgan fingerprint density at radius 2 is 1.09 bits per heavy atom. The lowest BCUT2D eigenvalue weighted by Crippen LogP contribution is -2.09. The van der Waals surface area contributed by atoms with Gasteiger partial charge in [0.1, 0.15) is 16.2 Å². The number of thiophene rings is 1. The molecule has 12 aromatic rings. The number of hydrogen-bond acceptors (Lipinski definition) is 5. The number of para-hydroxylation sites is 1. The molecule has 272 valence electrons. The van der Waals surface area contributed by atoms with E-state index in [-0.39, 0.29) is 0 Å². The fourth-order valence-electron chi connectivity index (χ4n) is 8.46. The van der Waals surface area contributed by atoms with Crippen LogP contribution in [0, 0.1) is 0 Å². The van der Waals surface area contributed by atoms with E-state index < -0.39 is 0 Å². The van der Waals surface area contributed by atoms with Crippen molar-refractivity contribution in [1.29, 1.82) is 0 Å². The van der Waals surface area contributed by atoms with E-state index in [0.717, 1.165) is 55.1 Å². The zero-order valence-corrected chi connectivity index (χ0v) is 32.7. The van der Waals surface area contributed by atoms with E-state index >= 15 is 0 Å². The normalized spacial score (nSPS) is 11.8. The minimum absolute atomic E-state index is 0.871. The summed E-state index contributed by atoms with van der Waals surface area (Å²) in [5.41, 5.74) is 11.9. The van der Waals surface area contributed by atoms with E-state index in [4.69, 9.17) is 9.40 Å². The summed E-state index contributed by atoms with van der Waals surface area (Å²) < 4.78 is 10.2. The van der Waals surface area contributed by atoms with Crippen LogP contribution in [0.4, 0.5) is 17.1 Å². The molecule has 3 nitrogen and oxygen atoms in total. The van der Waals surface area contributed by atoms with Crippen LogP contribution < -0.4 is 4.90 Å². The number of hydrogen-bond donors (Lipinski definition) is 0. The predicted molar refractivity (Wildman–Crippen MR) is 248 cm³/mol. The van der Waals surface area contributed by atoms with Gasteiger partial charge < -0.3 is 9.32 Å². The number of furan rings is 1. The summed E-state index contributed by atoms with van der Waals surface area (Å²) >= 11 is 3.63. The third-order valence-corrected chi connectivity index (χ3v) is 13.5. The summed E-state index contributed by atoms with van der Waals surface area (Å²) in [7, 11) is 0. The van der Waals surface area contributed by atoms with E-state index in [0.29, 0.717) is 0 Å². The fraction of sp³-hybridized carbons (Fsp3) is 0. The van der Waals surface area contributed by atoms with Gasteiger partial charge in [0.2, 0.25) is 0 Å². The van der Waals surface area contributed by atoms with Gasteiger partial charge in [0.05, 0.1) is 10.2 Å². The van der Waals surface area contributed by atoms with Crippen LogP contribution in [0.1, 0.15) is 0 Å². The highest BCUT2D eigenvalue weighted by molar-refractivity contribution is 7.26. The van der Waals surface area contributed by atoms with Crippen LogP contribution in [0.15, 0.2) is 199 Å². The Hall–Kier alpha value is -7.05. The van der Waals surface area contributed by atoms with E-state index in [1.807, 2.05) is 23.5 Å². The van der Waals surface area contributed by atoms with Crippen LogP contribution >= 0.6 is 22.7 Å². The molecular weight excluding hydrogens is 745 g/mol. The molecule has 0 saturated carbocycles. The van der Waals surface area contributed by atoms with Crippen molar-refractivity contribution >= 4 is 103 Å². The predicted octanol–water partition coefficient (Wildman–Crippen LogP) is 16.2. The third-order valence-electron chi connectivity index (χ3n) is 11.3. The van der Waals surface area contributed by atoms with Crippen LogP contribution in [0.2, 0.25) is 0 Å². The second kappa shape index (κ2) is 13.3. The molecule has 0 aliphatic rings. The topological polar surface area (TPSA) is 29.3 Å². The molecule has 0 fully saturated rings. The Labute approximate surface area is 342 Å². The Morgan fingerprint density at radius 3 is 1.93 bits per heavy atom. The van der Waals surface area contributed by atoms with Gasteiger partial charge >= 0.3 is 0 Å². The summed E-state index contributed by atoms with van der Waals surface area (Å²) in [6.45, 7) is 0. The van der Waals surface area contributed by atoms with Crippen LogP contribution in [0.5, 0.6) is 0 Å². The van der Waals surface area contributed by atoms with Crippen molar-refractivity contribution in [3.05, 3.63) is 194 Å². The van der Waals surface area contributed by atoms with Crippen molar-refractivity contribution in [2.75, 3.05) is 4.90 Å². The lowest BCUT2D eigenvalue weighted by atomic mass is 9.99. The van der Waals surface area contributed by atoms with Gasteiger partial charge in [0.15, 0.2) is 0 Å². The molecule has 58 heavy (non-hydrogen) atoms. The molecule has 0 unspecified atom stereocenters. The smallest absolute Gasteiger partial charge is 0.137 e. The molecule has 3 heterocycles. The average molecular weight is 777 g/mol. The zero-order chi connectivity index (χ0) is 38.2. The number of anilines is 3. The first-order valence-electron chi connectivity index (χ1n) is 19.4. The van der Waals surface area contributed by atoms with Crippen LogP contribution in [-0.2, 0) is 0 Å². The first-order valence-corrected chi connectivity index (χ1v) is 21.1. The second-order valence-electron chi connectivity index (χ2n) is 14.8. The maximum Gasteiger partial charge on any atom is 0.137 e. The largest absolute Gasteiger partial charge is 0.456 e. The minimum atomic E-state index is 0.871. The fourth-order valence-corrected chi connectivity index (χ4v) is 10.7. The van der Waals surface area contributed by atoms with Gasteiger partial charge in [-0.05, 0) is 99.8 Å². The van der Waals surface area contributed by atoms with Crippen LogP contribution in [0.25, 0.3) is 95.9 Å². The Morgan fingerprint density at radius 1 is 0.397 bits per heavy atom. The van der Waals surface area contributed by atoms with E-state index in [9.17, 15) is 0 Å². The van der Waals surface area contributed by atoms with E-state index in [2.05, 4.69) is 187 Å². The zero-order valence-electron chi connectivity index (χ0n) is 31.1. The highest BCUT2D eigenvalue weighted by atomic mass is 32.1. The van der Waals surface area contributed by atoms with Crippen molar-refractivity contribution < 1.29 is 4.42 Å². The first kappa shape index (κ1) is 33.1. The number of benzene rings is 9. The van der Waals surface area contributed by atoms with Gasteiger partial charge in [-0.3, -0.25) is 0 Å². The molecule has 0 aliphatic carbocycles. The van der Waals surface area contributed by atoms with Gasteiger partial charge in [-0.25, -0.2) is 4.98 Å². The quantitative estimate of drug-likeness (QED) is 0.168. The molecule has 5 heteroatoms. The summed E-state index contributed by atoms with van der Waals surface area (Å²) in [5, 5.41) is 8.31. The maximum absolute atomic E-state index is 6.37. The molecule has 0 amide bonds. The van der Waals surface area contributed by atoms with E-state index in [1.54, 1.807) is 11.3 Å². The highest BCUT2D eigenvalue weighted by Gasteiger charge is 2.18. The number of aromatic nitrogens is 1. The van der Waals surface area contributed by atoms with E-state index in [1.165, 1.54) is 57.9 Å². The first-order chi connectivity index (χ1) is 28.7. The highest BCUT2D eigenvalue weighted by Crippen LogP contribution is 2.45. The van der Waals surface area contributed by atoms with Crippen molar-refractivity contribution in [1.82, 2.24) is 4.98 Å². The molecular formula is C53H32N2OS2. The molecule has 0 atom stereocenters. The third kappa shape index (κ3) is 5.51. The second-order valence-corrected chi connectivity index (χ2v) is 16.9. The lowest BCUT2D eigenvalue weighted by molar-refractivity contribution is 0.669. The standard InChI is InChI=1S/C53H32N2OS2/c1-2-9-33(10-3-1)35-19-23-39(24-20-35)55(41-27-28-44-43-13-6-7-15-47(43)56-48(44)30-41)40-25-21-36(22-26-40)42-14-8-16-49-52(42)45-31-46-51(32-50(45)57-49)58-53(54-46)38-18-17-34-11-4-5-12-37(34)29-38/h1-32H. The number of rotatable bonds is 6. The molecule has 0 bridgehead atoms. The Kier molecular flexibility index (Phi) is 7.58. The number of thiazole rings is 1. The van der Waals surface area contributed by atoms with Gasteiger partial charge in [-0.15, -0.1) is 22.7 Å². The minimum Gasteiger partial charge on any atom is -0.456 e. The number of fused-ring (bicyclic) bond motifs is 8. The van der Waals surface area contributed by atoms with Crippen molar-refractivity contribution in [3.63, 3.8) is 0 Å². The summed E-state index contributed by atoms with van der Waals surface area (Å²) in [5.74, 6) is 0. The maximum atomic E-state index is 6.37. The molecule has 0 N–H and O–H groups in total. The van der Waals surface area contributed by atoms with Crippen molar-refractivity contribution in [2.24, 2.45) is 0 Å². The monoisotopic (exact) mass is 776 g/mol. The van der Waals surface area contributed by atoms with Crippen molar-refractivity contribution in [3.8, 4) is 32.8 Å². The Balaban J connectivity index is 0.948. The van der Waals surface area contributed by atoms with Gasteiger partial charge in [0, 0.05) is 59.6 Å². The molecule has 0 radical (unpaired) electrons. The average Bonchev–Trinajstić information content (AvgIpc) is 3.99. The Bertz CT molecular complexity index is 3510. The molecule has 0 spiro atoms. The SMILES string of the molecule is c1ccc(-c2ccc(N(c3ccc(-c4cccc5sc6cc7sc(-c8ccc9ccccc9c8)nc7cc6c45)cc3)c3ccc4c(c3)oc3ccccc34)cc2)cc1. The molecule has 0 aliphatic heterocycles. The van der Waals surface area contributed by atoms with Gasteiger partial charge in [-0.2, -0.15) is 0 Å². The van der Waals surface area contributed by atoms with Crippen LogP contribution in [-0.4, -0.2) is 4.98 Å². The van der Waals surface area contributed by atoms with Gasteiger partial charge in [0.25, 0.3) is 0 Å². The molecule has 0 saturated heterocycles. The van der Waals surface area contributed by atoms with Gasteiger partial charge in [-0.1, -0.05) is 121 Å². The summed E-state index contributed by atoms with van der Waals surface area (Å²) in [4.78, 5) is 7.50. The van der Waals surface area contributed by atoms with Crippen LogP contribution in [0.3, 0.4) is 0 Å². The molecule has 3 aromatic heterocycles. The molecule has 9 aromatic carbocycles.